The number of carbonyl (C=O) groups excluding carboxylic acids is 7. The number of hydrogen-bond donors (Lipinski definition) is 2. The number of rotatable bonds is 29. The molecule has 0 aliphatic rings. The highest BCUT2D eigenvalue weighted by Gasteiger charge is 2.43. The summed E-state index contributed by atoms with van der Waals surface area (Å²) in [6.07, 6.45) is 2.87. The van der Waals surface area contributed by atoms with Crippen LogP contribution >= 0.6 is 0 Å². The Kier molecular flexibility index (Phi) is 25.3. The molecule has 0 saturated carbocycles. The Labute approximate surface area is 308 Å². The zero-order chi connectivity index (χ0) is 40.3. The van der Waals surface area contributed by atoms with Crippen LogP contribution in [0.4, 0.5) is 0 Å². The zero-order valence-electron chi connectivity index (χ0n) is 31.1. The van der Waals surface area contributed by atoms with E-state index in [4.69, 9.17) is 23.7 Å². The van der Waals surface area contributed by atoms with Gasteiger partial charge in [0.1, 0.15) is 13.2 Å². The first-order chi connectivity index (χ1) is 25.0. The number of carboxylic acid groups (broad SMARTS) is 2. The summed E-state index contributed by atoms with van der Waals surface area (Å²) in [5.41, 5.74) is 0. The smallest absolute Gasteiger partial charge is 0.352 e. The van der Waals surface area contributed by atoms with Crippen molar-refractivity contribution in [2.75, 3.05) is 13.2 Å². The molecule has 0 aromatic heterocycles. The summed E-state index contributed by atoms with van der Waals surface area (Å²) in [5, 5.41) is 19.0. The first-order valence-corrected chi connectivity index (χ1v) is 17.7. The number of ether oxygens (including phenoxy) is 7. The summed E-state index contributed by atoms with van der Waals surface area (Å²) in [5.74, 6) is -12.4. The molecule has 53 heavy (non-hydrogen) atoms. The fourth-order valence-electron chi connectivity index (χ4n) is 4.82. The van der Waals surface area contributed by atoms with Gasteiger partial charge in [0.2, 0.25) is 24.4 Å². The molecule has 0 aliphatic heterocycles. The van der Waals surface area contributed by atoms with Gasteiger partial charge >= 0.3 is 53.7 Å². The van der Waals surface area contributed by atoms with Crippen LogP contribution in [0.25, 0.3) is 0 Å². The number of aliphatic carboxylic acids is 2. The minimum absolute atomic E-state index is 0.0287. The van der Waals surface area contributed by atoms with E-state index in [-0.39, 0.29) is 6.42 Å². The molecule has 302 valence electrons. The maximum Gasteiger partial charge on any atom is 0.352 e. The molecule has 0 heterocycles. The van der Waals surface area contributed by atoms with Gasteiger partial charge in [0.25, 0.3) is 0 Å². The monoisotopic (exact) mass is 762 g/mol. The van der Waals surface area contributed by atoms with E-state index < -0.39 is 97.5 Å². The predicted molar refractivity (Wildman–Crippen MR) is 180 cm³/mol. The summed E-state index contributed by atoms with van der Waals surface area (Å²) in [6.45, 7) is 3.65. The van der Waals surface area contributed by atoms with Gasteiger partial charge in [-0.3, -0.25) is 24.0 Å². The topological polar surface area (TPSA) is 259 Å². The predicted octanol–water partition coefficient (Wildman–Crippen LogP) is 3.36. The van der Waals surface area contributed by atoms with E-state index in [2.05, 4.69) is 16.4 Å². The standard InChI is InChI=1S/C35H54O18/c1-6-7-8-9-10-11-12-13-14-15-16-17-18-19-27(40)47-20-26(53-35(46)31(52-25(5)39)29(33(43)44)50-23(3)37)21-48-34(45)30(51-24(4)38)28(32(41)42)49-22(2)36/h26,28-31H,6-21H2,1-5H3,(H,41,42)(H,43,44). The molecule has 0 fully saturated rings. The maximum atomic E-state index is 13.1. The summed E-state index contributed by atoms with van der Waals surface area (Å²) in [7, 11) is 0. The van der Waals surface area contributed by atoms with Gasteiger partial charge in [-0.25, -0.2) is 19.2 Å². The third-order valence-electron chi connectivity index (χ3n) is 7.28. The number of carboxylic acids is 2. The lowest BCUT2D eigenvalue weighted by molar-refractivity contribution is -0.197. The second kappa shape index (κ2) is 27.8. The van der Waals surface area contributed by atoms with E-state index in [9.17, 15) is 53.4 Å². The summed E-state index contributed by atoms with van der Waals surface area (Å²) >= 11 is 0. The van der Waals surface area contributed by atoms with Crippen LogP contribution < -0.4 is 0 Å². The fraction of sp³-hybridized carbons (Fsp3) is 0.743. The largest absolute Gasteiger partial charge is 0.478 e. The van der Waals surface area contributed by atoms with Gasteiger partial charge in [-0.05, 0) is 6.42 Å². The van der Waals surface area contributed by atoms with Crippen molar-refractivity contribution < 1.29 is 86.5 Å². The zero-order valence-corrected chi connectivity index (χ0v) is 31.1. The molecule has 0 spiro atoms. The molecule has 0 aromatic carbocycles. The molecule has 0 bridgehead atoms. The molecule has 0 rings (SSSR count). The highest BCUT2D eigenvalue weighted by molar-refractivity contribution is 5.89. The van der Waals surface area contributed by atoms with E-state index in [0.717, 1.165) is 59.8 Å². The van der Waals surface area contributed by atoms with Crippen LogP contribution in [0.2, 0.25) is 0 Å². The van der Waals surface area contributed by atoms with Crippen LogP contribution in [0.1, 0.15) is 125 Å². The third kappa shape index (κ3) is 23.4. The van der Waals surface area contributed by atoms with Crippen molar-refractivity contribution >= 4 is 53.7 Å². The molecule has 5 atom stereocenters. The van der Waals surface area contributed by atoms with Crippen molar-refractivity contribution in [1.82, 2.24) is 0 Å². The Morgan fingerprint density at radius 1 is 0.434 bits per heavy atom. The average molecular weight is 763 g/mol. The van der Waals surface area contributed by atoms with Gasteiger partial charge in [0.05, 0.1) is 0 Å². The minimum Gasteiger partial charge on any atom is -0.478 e. The van der Waals surface area contributed by atoms with Crippen molar-refractivity contribution in [2.45, 2.75) is 155 Å². The number of carbonyl (C=O) groups is 9. The molecule has 2 N–H and O–H groups in total. The van der Waals surface area contributed by atoms with Crippen molar-refractivity contribution in [3.63, 3.8) is 0 Å². The third-order valence-corrected chi connectivity index (χ3v) is 7.28. The van der Waals surface area contributed by atoms with Crippen LogP contribution in [0.5, 0.6) is 0 Å². The highest BCUT2D eigenvalue weighted by atomic mass is 16.7. The minimum atomic E-state index is -2.38. The van der Waals surface area contributed by atoms with E-state index in [1.165, 1.54) is 44.9 Å². The van der Waals surface area contributed by atoms with Crippen LogP contribution in [0.3, 0.4) is 0 Å². The molecule has 5 unspecified atom stereocenters. The first-order valence-electron chi connectivity index (χ1n) is 17.7. The maximum absolute atomic E-state index is 13.1. The van der Waals surface area contributed by atoms with Crippen molar-refractivity contribution in [1.29, 1.82) is 0 Å². The molecule has 18 nitrogen and oxygen atoms in total. The SMILES string of the molecule is CCCCCCCCCCCCCCCC(=O)OCC(COC(=O)C(OC(C)=O)C(OC(C)=O)C(=O)O)OC(=O)C(OC(C)=O)C(OC(C)=O)C(=O)O. The van der Waals surface area contributed by atoms with Gasteiger partial charge in [-0.2, -0.15) is 0 Å². The normalized spacial score (nSPS) is 13.5. The summed E-state index contributed by atoms with van der Waals surface area (Å²) in [6, 6.07) is 0. The van der Waals surface area contributed by atoms with Gasteiger partial charge in [0, 0.05) is 34.1 Å². The Bertz CT molecular complexity index is 1210. The lowest BCUT2D eigenvalue weighted by atomic mass is 10.0. The van der Waals surface area contributed by atoms with Gasteiger partial charge in [-0.1, -0.05) is 84.0 Å². The van der Waals surface area contributed by atoms with Gasteiger partial charge in [-0.15, -0.1) is 0 Å². The first kappa shape index (κ1) is 48.2. The quantitative estimate of drug-likeness (QED) is 0.0629. The molecule has 0 amide bonds. The van der Waals surface area contributed by atoms with Crippen molar-refractivity contribution in [3.05, 3.63) is 0 Å². The molecule has 0 aromatic rings. The average Bonchev–Trinajstić information content (AvgIpc) is 3.06. The lowest BCUT2D eigenvalue weighted by Crippen LogP contribution is -2.48. The van der Waals surface area contributed by atoms with E-state index in [1.54, 1.807) is 0 Å². The van der Waals surface area contributed by atoms with Crippen molar-refractivity contribution in [2.24, 2.45) is 0 Å². The highest BCUT2D eigenvalue weighted by Crippen LogP contribution is 2.15. The Morgan fingerprint density at radius 2 is 0.774 bits per heavy atom. The summed E-state index contributed by atoms with van der Waals surface area (Å²) < 4.78 is 33.9. The van der Waals surface area contributed by atoms with E-state index in [1.807, 2.05) is 0 Å². The molecule has 18 heteroatoms. The lowest BCUT2D eigenvalue weighted by Gasteiger charge is -2.25. The Balaban J connectivity index is 5.58. The van der Waals surface area contributed by atoms with Gasteiger partial charge in [0.15, 0.2) is 6.10 Å². The van der Waals surface area contributed by atoms with Crippen LogP contribution in [0, 0.1) is 0 Å². The number of esters is 7. The van der Waals surface area contributed by atoms with Crippen LogP contribution in [-0.2, 0) is 76.3 Å². The van der Waals surface area contributed by atoms with Crippen LogP contribution in [0.15, 0.2) is 0 Å². The molecule has 0 aliphatic carbocycles. The number of hydrogen-bond acceptors (Lipinski definition) is 16. The second-order valence-corrected chi connectivity index (χ2v) is 12.2. The fourth-order valence-corrected chi connectivity index (χ4v) is 4.82. The Hall–Kier alpha value is -4.77. The van der Waals surface area contributed by atoms with Crippen LogP contribution in [-0.4, -0.2) is 108 Å². The second-order valence-electron chi connectivity index (χ2n) is 12.2. The molecular formula is C35H54O18. The van der Waals surface area contributed by atoms with Gasteiger partial charge < -0.3 is 43.4 Å². The summed E-state index contributed by atoms with van der Waals surface area (Å²) in [4.78, 5) is 108. The molecule has 0 saturated heterocycles. The number of unbranched alkanes of at least 4 members (excludes halogenated alkanes) is 12. The Morgan fingerprint density at radius 3 is 1.15 bits per heavy atom. The molecule has 0 radical (unpaired) electrons. The van der Waals surface area contributed by atoms with E-state index >= 15 is 0 Å². The van der Waals surface area contributed by atoms with E-state index in [0.29, 0.717) is 6.42 Å². The van der Waals surface area contributed by atoms with Crippen molar-refractivity contribution in [3.8, 4) is 0 Å². The molecular weight excluding hydrogens is 708 g/mol.